The maximum Gasteiger partial charge on any atom is 0.336 e. The molecule has 0 amide bonds. The zero-order chi connectivity index (χ0) is 14.0. The van der Waals surface area contributed by atoms with Crippen LogP contribution in [0.5, 0.6) is 0 Å². The Balaban J connectivity index is 2.39. The minimum atomic E-state index is -1.02. The Hall–Kier alpha value is -2.83. The van der Waals surface area contributed by atoms with E-state index in [0.29, 0.717) is 11.3 Å². The Morgan fingerprint density at radius 1 is 1.47 bits per heavy atom. The zero-order valence-corrected chi connectivity index (χ0v) is 10.1. The molecule has 2 aromatic rings. The van der Waals surface area contributed by atoms with Gasteiger partial charge in [-0.3, -0.25) is 4.79 Å². The minimum Gasteiger partial charge on any atom is -0.478 e. The lowest BCUT2D eigenvalue weighted by Crippen LogP contribution is -2.14. The first-order chi connectivity index (χ1) is 8.99. The Bertz CT molecular complexity index is 694. The highest BCUT2D eigenvalue weighted by Gasteiger charge is 2.09. The molecule has 19 heavy (non-hydrogen) atoms. The van der Waals surface area contributed by atoms with E-state index in [1.54, 1.807) is 19.1 Å². The third-order valence-electron chi connectivity index (χ3n) is 2.62. The molecule has 2 rings (SSSR count). The van der Waals surface area contributed by atoms with Crippen molar-refractivity contribution in [3.05, 3.63) is 46.0 Å². The van der Waals surface area contributed by atoms with Crippen LogP contribution in [0.15, 0.2) is 29.3 Å². The third-order valence-corrected chi connectivity index (χ3v) is 2.62. The van der Waals surface area contributed by atoms with Crippen LogP contribution in [0.2, 0.25) is 0 Å². The number of nitrogens with one attached hydrogen (secondary N) is 2. The molecule has 7 nitrogen and oxygen atoms in total. The lowest BCUT2D eigenvalue weighted by atomic mass is 10.1. The van der Waals surface area contributed by atoms with Gasteiger partial charge in [-0.1, -0.05) is 6.07 Å². The Morgan fingerprint density at radius 2 is 2.21 bits per heavy atom. The number of anilines is 3. The minimum absolute atomic E-state index is 0.0556. The molecular weight excluding hydrogens is 248 g/mol. The summed E-state index contributed by atoms with van der Waals surface area (Å²) in [6.45, 7) is 1.70. The summed E-state index contributed by atoms with van der Waals surface area (Å²) in [6.07, 6.45) is 1.22. The largest absolute Gasteiger partial charge is 0.478 e. The molecule has 1 heterocycles. The number of carboxylic acid groups (broad SMARTS) is 1. The third kappa shape index (κ3) is 2.54. The molecular formula is C12H12N4O3. The van der Waals surface area contributed by atoms with Crippen molar-refractivity contribution >= 4 is 23.2 Å². The Labute approximate surface area is 108 Å². The summed E-state index contributed by atoms with van der Waals surface area (Å²) < 4.78 is 0. The summed E-state index contributed by atoms with van der Waals surface area (Å²) in [6, 6.07) is 4.80. The number of aromatic carboxylic acids is 1. The fourth-order valence-corrected chi connectivity index (χ4v) is 1.58. The van der Waals surface area contributed by atoms with Crippen LogP contribution >= 0.6 is 0 Å². The maximum absolute atomic E-state index is 11.3. The van der Waals surface area contributed by atoms with Crippen molar-refractivity contribution in [2.75, 3.05) is 11.1 Å². The molecule has 0 fully saturated rings. The normalized spacial score (nSPS) is 10.2. The second kappa shape index (κ2) is 4.81. The highest BCUT2D eigenvalue weighted by atomic mass is 16.4. The summed E-state index contributed by atoms with van der Waals surface area (Å²) in [5, 5.41) is 11.8. The van der Waals surface area contributed by atoms with Gasteiger partial charge < -0.3 is 21.1 Å². The van der Waals surface area contributed by atoms with Crippen molar-refractivity contribution in [2.24, 2.45) is 0 Å². The number of aromatic amines is 1. The van der Waals surface area contributed by atoms with E-state index in [1.165, 1.54) is 12.4 Å². The molecule has 1 aromatic carbocycles. The smallest absolute Gasteiger partial charge is 0.336 e. The second-order valence-electron chi connectivity index (χ2n) is 3.95. The molecule has 0 aliphatic rings. The summed E-state index contributed by atoms with van der Waals surface area (Å²) in [5.74, 6) is -0.836. The topological polar surface area (TPSA) is 121 Å². The van der Waals surface area contributed by atoms with Crippen LogP contribution in [0.25, 0.3) is 0 Å². The predicted octanol–water partition coefficient (Wildman–Crippen LogP) is 1.10. The van der Waals surface area contributed by atoms with E-state index < -0.39 is 11.5 Å². The lowest BCUT2D eigenvalue weighted by Gasteiger charge is -2.09. The molecule has 98 valence electrons. The summed E-state index contributed by atoms with van der Waals surface area (Å²) in [5.41, 5.74) is 6.37. The molecule has 0 saturated carbocycles. The molecule has 1 aromatic heterocycles. The molecule has 0 aliphatic heterocycles. The molecule has 5 N–H and O–H groups in total. The molecule has 0 radical (unpaired) electrons. The van der Waals surface area contributed by atoms with Crippen LogP contribution < -0.4 is 16.6 Å². The number of carboxylic acids is 1. The molecule has 0 unspecified atom stereocenters. The van der Waals surface area contributed by atoms with E-state index >= 15 is 0 Å². The second-order valence-corrected chi connectivity index (χ2v) is 3.95. The van der Waals surface area contributed by atoms with Gasteiger partial charge in [0.05, 0.1) is 11.9 Å². The van der Waals surface area contributed by atoms with E-state index in [-0.39, 0.29) is 17.1 Å². The average molecular weight is 260 g/mol. The predicted molar refractivity (Wildman–Crippen MR) is 70.7 cm³/mol. The fraction of sp³-hybridized carbons (Fsp3) is 0.0833. The quantitative estimate of drug-likeness (QED) is 0.655. The number of carbonyl (C=O) groups is 1. The maximum atomic E-state index is 11.3. The van der Waals surface area contributed by atoms with Gasteiger partial charge in [-0.15, -0.1) is 0 Å². The van der Waals surface area contributed by atoms with Crippen molar-refractivity contribution < 1.29 is 9.90 Å². The number of benzene rings is 1. The van der Waals surface area contributed by atoms with Crippen LogP contribution in [0, 0.1) is 6.92 Å². The number of nitrogen functional groups attached to an aromatic ring is 1. The number of rotatable bonds is 3. The first-order valence-corrected chi connectivity index (χ1v) is 5.43. The van der Waals surface area contributed by atoms with Gasteiger partial charge in [-0.2, -0.15) is 0 Å². The van der Waals surface area contributed by atoms with E-state index in [9.17, 15) is 9.59 Å². The van der Waals surface area contributed by atoms with Crippen molar-refractivity contribution in [3.63, 3.8) is 0 Å². The Kier molecular flexibility index (Phi) is 3.19. The number of hydrogen-bond donors (Lipinski definition) is 4. The van der Waals surface area contributed by atoms with Crippen molar-refractivity contribution in [3.8, 4) is 0 Å². The van der Waals surface area contributed by atoms with Crippen LogP contribution in [-0.2, 0) is 0 Å². The van der Waals surface area contributed by atoms with Crippen LogP contribution in [0.4, 0.5) is 17.2 Å². The number of nitrogens with zero attached hydrogens (tertiary/aromatic N) is 1. The molecule has 7 heteroatoms. The number of nitrogens with two attached hydrogens (primary N) is 1. The number of H-pyrrole nitrogens is 1. The van der Waals surface area contributed by atoms with E-state index in [4.69, 9.17) is 10.8 Å². The molecule has 0 atom stereocenters. The van der Waals surface area contributed by atoms with E-state index in [0.717, 1.165) is 0 Å². The van der Waals surface area contributed by atoms with Gasteiger partial charge in [0.1, 0.15) is 5.69 Å². The van der Waals surface area contributed by atoms with Crippen LogP contribution in [0.1, 0.15) is 15.9 Å². The summed E-state index contributed by atoms with van der Waals surface area (Å²) in [4.78, 5) is 28.6. The van der Waals surface area contributed by atoms with Crippen LogP contribution in [0.3, 0.4) is 0 Å². The first-order valence-electron chi connectivity index (χ1n) is 5.43. The van der Waals surface area contributed by atoms with Gasteiger partial charge in [0.2, 0.25) is 0 Å². The SMILES string of the molecule is Cc1ccc(Nc2nc[nH]c(=O)c2N)cc1C(=O)O. The highest BCUT2D eigenvalue weighted by molar-refractivity contribution is 5.91. The van der Waals surface area contributed by atoms with Crippen molar-refractivity contribution in [1.29, 1.82) is 0 Å². The molecule has 0 saturated heterocycles. The molecule has 0 spiro atoms. The van der Waals surface area contributed by atoms with E-state index in [1.807, 2.05) is 0 Å². The summed E-state index contributed by atoms with van der Waals surface area (Å²) >= 11 is 0. The summed E-state index contributed by atoms with van der Waals surface area (Å²) in [7, 11) is 0. The van der Waals surface area contributed by atoms with Gasteiger partial charge in [0.25, 0.3) is 5.56 Å². The fourth-order valence-electron chi connectivity index (χ4n) is 1.58. The van der Waals surface area contributed by atoms with Gasteiger partial charge in [0, 0.05) is 5.69 Å². The lowest BCUT2D eigenvalue weighted by molar-refractivity contribution is 0.0696. The Morgan fingerprint density at radius 3 is 2.89 bits per heavy atom. The van der Waals surface area contributed by atoms with Gasteiger partial charge in [-0.25, -0.2) is 9.78 Å². The van der Waals surface area contributed by atoms with Gasteiger partial charge in [-0.05, 0) is 24.6 Å². The van der Waals surface area contributed by atoms with Crippen molar-refractivity contribution in [1.82, 2.24) is 9.97 Å². The monoisotopic (exact) mass is 260 g/mol. The standard InChI is InChI=1S/C12H12N4O3/c1-6-2-3-7(4-8(6)12(18)19)16-10-9(13)11(17)15-5-14-10/h2-5H,13H2,1H3,(H,18,19)(H2,14,15,16,17). The number of aryl methyl sites for hydroxylation is 1. The number of hydrogen-bond acceptors (Lipinski definition) is 5. The first kappa shape index (κ1) is 12.6. The average Bonchev–Trinajstić information content (AvgIpc) is 2.37. The van der Waals surface area contributed by atoms with Gasteiger partial charge in [0.15, 0.2) is 5.82 Å². The molecule has 0 bridgehead atoms. The zero-order valence-electron chi connectivity index (χ0n) is 10.1. The number of aromatic nitrogens is 2. The van der Waals surface area contributed by atoms with E-state index in [2.05, 4.69) is 15.3 Å². The highest BCUT2D eigenvalue weighted by Crippen LogP contribution is 2.20. The van der Waals surface area contributed by atoms with Crippen molar-refractivity contribution in [2.45, 2.75) is 6.92 Å². The van der Waals surface area contributed by atoms with Gasteiger partial charge >= 0.3 is 5.97 Å². The molecule has 0 aliphatic carbocycles. The van der Waals surface area contributed by atoms with Crippen LogP contribution in [-0.4, -0.2) is 21.0 Å².